The largest absolute Gasteiger partial charge is 0.285 e. The molecule has 0 aliphatic carbocycles. The minimum Gasteiger partial charge on any atom is -0.258 e. The van der Waals surface area contributed by atoms with Crippen LogP contribution in [0.2, 0.25) is 0 Å². The Balaban J connectivity index is 2.26. The molecule has 0 spiro atoms. The Labute approximate surface area is 125 Å². The number of nitro benzene ring substituents is 1. The van der Waals surface area contributed by atoms with Crippen molar-refractivity contribution in [3.05, 3.63) is 58.1 Å². The lowest BCUT2D eigenvalue weighted by Crippen LogP contribution is -2.16. The molecule has 9 heteroatoms. The molecule has 0 saturated heterocycles. The van der Waals surface area contributed by atoms with Crippen LogP contribution in [0.3, 0.4) is 0 Å². The van der Waals surface area contributed by atoms with E-state index in [0.29, 0.717) is 16.6 Å². The van der Waals surface area contributed by atoms with Gasteiger partial charge in [-0.05, 0) is 24.6 Å². The van der Waals surface area contributed by atoms with Gasteiger partial charge in [0.2, 0.25) is 0 Å². The smallest absolute Gasteiger partial charge is 0.258 e. The number of hydrogen-bond acceptors (Lipinski definition) is 6. The van der Waals surface area contributed by atoms with Gasteiger partial charge < -0.3 is 0 Å². The fourth-order valence-corrected chi connectivity index (χ4v) is 3.58. The Bertz CT molecular complexity index is 994. The molecule has 0 atom stereocenters. The average molecular weight is 318 g/mol. The van der Waals surface area contributed by atoms with Gasteiger partial charge in [-0.2, -0.15) is 8.42 Å². The molecule has 2 aromatic carbocycles. The van der Waals surface area contributed by atoms with Crippen LogP contribution in [0, 0.1) is 17.0 Å². The maximum absolute atomic E-state index is 12.7. The summed E-state index contributed by atoms with van der Waals surface area (Å²) in [5, 5.41) is 18.3. The summed E-state index contributed by atoms with van der Waals surface area (Å²) in [5.41, 5.74) is 0.835. The van der Waals surface area contributed by atoms with Crippen LogP contribution in [0.4, 0.5) is 5.69 Å². The first-order valence-corrected chi connectivity index (χ1v) is 7.66. The highest BCUT2D eigenvalue weighted by Gasteiger charge is 2.25. The summed E-state index contributed by atoms with van der Waals surface area (Å²) < 4.78 is 26.3. The standard InChI is InChI=1S/C13H10N4O4S/c1-9-6-7-10(17(18)19)8-13(9)22(20,21)16-12-5-3-2-4-11(12)14-15-16/h2-8H,1H3. The summed E-state index contributed by atoms with van der Waals surface area (Å²) in [6.45, 7) is 1.57. The number of nitrogens with zero attached hydrogens (tertiary/aromatic N) is 4. The monoisotopic (exact) mass is 318 g/mol. The van der Waals surface area contributed by atoms with E-state index in [2.05, 4.69) is 10.3 Å². The van der Waals surface area contributed by atoms with Crippen LogP contribution >= 0.6 is 0 Å². The van der Waals surface area contributed by atoms with Gasteiger partial charge in [0.1, 0.15) is 11.0 Å². The lowest BCUT2D eigenvalue weighted by Gasteiger charge is -2.07. The van der Waals surface area contributed by atoms with Gasteiger partial charge in [-0.25, -0.2) is 0 Å². The van der Waals surface area contributed by atoms with E-state index in [4.69, 9.17) is 0 Å². The third-order valence-corrected chi connectivity index (χ3v) is 4.93. The number of fused-ring (bicyclic) bond motifs is 1. The van der Waals surface area contributed by atoms with Crippen molar-refractivity contribution in [3.8, 4) is 0 Å². The number of hydrogen-bond donors (Lipinski definition) is 0. The molecule has 8 nitrogen and oxygen atoms in total. The molecule has 3 rings (SSSR count). The highest BCUT2D eigenvalue weighted by molar-refractivity contribution is 7.90. The van der Waals surface area contributed by atoms with Gasteiger partial charge in [-0.1, -0.05) is 23.4 Å². The van der Waals surface area contributed by atoms with Gasteiger partial charge in [-0.15, -0.1) is 9.19 Å². The summed E-state index contributed by atoms with van der Waals surface area (Å²) >= 11 is 0. The highest BCUT2D eigenvalue weighted by Crippen LogP contribution is 2.25. The van der Waals surface area contributed by atoms with Crippen LogP contribution in [0.5, 0.6) is 0 Å². The Hall–Kier alpha value is -2.81. The van der Waals surface area contributed by atoms with E-state index in [9.17, 15) is 18.5 Å². The van der Waals surface area contributed by atoms with Gasteiger partial charge in [0, 0.05) is 12.1 Å². The molecule has 0 radical (unpaired) electrons. The summed E-state index contributed by atoms with van der Waals surface area (Å²) in [5.74, 6) is 0. The molecule has 0 bridgehead atoms. The molecule has 0 unspecified atom stereocenters. The maximum atomic E-state index is 12.7. The Kier molecular flexibility index (Phi) is 3.14. The number of nitro groups is 1. The topological polar surface area (TPSA) is 108 Å². The lowest BCUT2D eigenvalue weighted by molar-refractivity contribution is -0.385. The Morgan fingerprint density at radius 2 is 1.91 bits per heavy atom. The summed E-state index contributed by atoms with van der Waals surface area (Å²) in [4.78, 5) is 10.1. The molecule has 112 valence electrons. The Morgan fingerprint density at radius 3 is 2.64 bits per heavy atom. The zero-order chi connectivity index (χ0) is 15.9. The van der Waals surface area contributed by atoms with E-state index in [1.807, 2.05) is 0 Å². The first-order chi connectivity index (χ1) is 10.4. The predicted octanol–water partition coefficient (Wildman–Crippen LogP) is 1.88. The molecular formula is C13H10N4O4S. The van der Waals surface area contributed by atoms with Crippen LogP contribution < -0.4 is 0 Å². The quantitative estimate of drug-likeness (QED) is 0.539. The molecule has 1 heterocycles. The number of para-hydroxylation sites is 1. The van der Waals surface area contributed by atoms with Crippen molar-refractivity contribution in [2.75, 3.05) is 0 Å². The van der Waals surface area contributed by atoms with E-state index in [1.165, 1.54) is 12.1 Å². The normalized spacial score (nSPS) is 11.7. The molecule has 0 saturated carbocycles. The predicted molar refractivity (Wildman–Crippen MR) is 77.9 cm³/mol. The van der Waals surface area contributed by atoms with E-state index >= 15 is 0 Å². The summed E-state index contributed by atoms with van der Waals surface area (Å²) in [6.07, 6.45) is 0. The van der Waals surface area contributed by atoms with Gasteiger partial charge in [0.05, 0.1) is 9.82 Å². The van der Waals surface area contributed by atoms with Gasteiger partial charge in [0.25, 0.3) is 15.7 Å². The summed E-state index contributed by atoms with van der Waals surface area (Å²) in [6, 6.07) is 10.3. The van der Waals surface area contributed by atoms with Crippen molar-refractivity contribution in [2.45, 2.75) is 11.8 Å². The molecule has 0 amide bonds. The second-order valence-corrected chi connectivity index (χ2v) is 6.37. The fourth-order valence-electron chi connectivity index (χ4n) is 2.10. The van der Waals surface area contributed by atoms with Crippen molar-refractivity contribution in [1.82, 2.24) is 14.4 Å². The van der Waals surface area contributed by atoms with Gasteiger partial charge in [0.15, 0.2) is 0 Å². The second-order valence-electron chi connectivity index (χ2n) is 4.63. The third kappa shape index (κ3) is 2.11. The fraction of sp³-hybridized carbons (Fsp3) is 0.0769. The second kappa shape index (κ2) is 4.88. The van der Waals surface area contributed by atoms with Gasteiger partial charge in [-0.3, -0.25) is 10.1 Å². The van der Waals surface area contributed by atoms with Crippen LogP contribution in [-0.2, 0) is 10.0 Å². The van der Waals surface area contributed by atoms with Crippen LogP contribution in [0.25, 0.3) is 11.0 Å². The van der Waals surface area contributed by atoms with E-state index in [-0.39, 0.29) is 10.6 Å². The minimum atomic E-state index is -4.07. The molecule has 0 N–H and O–H groups in total. The maximum Gasteiger partial charge on any atom is 0.285 e. The van der Waals surface area contributed by atoms with Crippen molar-refractivity contribution >= 4 is 26.7 Å². The minimum absolute atomic E-state index is 0.169. The van der Waals surface area contributed by atoms with Crippen molar-refractivity contribution in [3.63, 3.8) is 0 Å². The Morgan fingerprint density at radius 1 is 1.18 bits per heavy atom. The van der Waals surface area contributed by atoms with Gasteiger partial charge >= 0.3 is 0 Å². The zero-order valence-corrected chi connectivity index (χ0v) is 12.2. The first kappa shape index (κ1) is 14.1. The van der Waals surface area contributed by atoms with Crippen LogP contribution in [0.15, 0.2) is 47.4 Å². The van der Waals surface area contributed by atoms with E-state index in [0.717, 1.165) is 10.2 Å². The highest BCUT2D eigenvalue weighted by atomic mass is 32.2. The first-order valence-electron chi connectivity index (χ1n) is 6.22. The van der Waals surface area contributed by atoms with E-state index < -0.39 is 14.9 Å². The SMILES string of the molecule is Cc1ccc([N+](=O)[O-])cc1S(=O)(=O)n1nnc2ccccc21. The van der Waals surface area contributed by atoms with E-state index in [1.54, 1.807) is 31.2 Å². The number of aromatic nitrogens is 3. The molecule has 3 aromatic rings. The number of rotatable bonds is 3. The molecule has 0 fully saturated rings. The summed E-state index contributed by atoms with van der Waals surface area (Å²) in [7, 11) is -4.07. The number of benzene rings is 2. The molecule has 0 aliphatic heterocycles. The van der Waals surface area contributed by atoms with Crippen LogP contribution in [0.1, 0.15) is 5.56 Å². The lowest BCUT2D eigenvalue weighted by atomic mass is 10.2. The molecular weight excluding hydrogens is 308 g/mol. The van der Waals surface area contributed by atoms with Crippen molar-refractivity contribution in [1.29, 1.82) is 0 Å². The third-order valence-electron chi connectivity index (χ3n) is 3.21. The molecule has 22 heavy (non-hydrogen) atoms. The average Bonchev–Trinajstić information content (AvgIpc) is 2.91. The molecule has 1 aromatic heterocycles. The van der Waals surface area contributed by atoms with Crippen molar-refractivity contribution < 1.29 is 13.3 Å². The van der Waals surface area contributed by atoms with Crippen LogP contribution in [-0.4, -0.2) is 27.7 Å². The number of aryl methyl sites for hydroxylation is 1. The molecule has 0 aliphatic rings. The zero-order valence-electron chi connectivity index (χ0n) is 11.4. The number of non-ortho nitro benzene ring substituents is 1. The van der Waals surface area contributed by atoms with Crippen molar-refractivity contribution in [2.24, 2.45) is 0 Å².